The number of hydrogen-bond donors (Lipinski definition) is 0. The summed E-state index contributed by atoms with van der Waals surface area (Å²) in [7, 11) is 0. The van der Waals surface area contributed by atoms with Crippen LogP contribution in [-0.2, 0) is 6.42 Å². The summed E-state index contributed by atoms with van der Waals surface area (Å²) in [4.78, 5) is 10.4. The molecule has 0 saturated heterocycles. The van der Waals surface area contributed by atoms with Gasteiger partial charge in [0, 0.05) is 6.99 Å². The average molecular weight is 325 g/mol. The maximum atomic E-state index is 10.4. The van der Waals surface area contributed by atoms with Crippen molar-refractivity contribution in [3.8, 4) is 0 Å². The van der Waals surface area contributed by atoms with Gasteiger partial charge in [-0.3, -0.25) is 4.79 Å². The van der Waals surface area contributed by atoms with E-state index in [1.807, 2.05) is 51.1 Å². The molecule has 0 saturated carbocycles. The first-order valence-electron chi connectivity index (χ1n) is 8.51. The van der Waals surface area contributed by atoms with E-state index in [0.29, 0.717) is 5.56 Å². The van der Waals surface area contributed by atoms with Crippen LogP contribution in [0, 0.1) is 6.92 Å². The molecule has 24 heavy (non-hydrogen) atoms. The van der Waals surface area contributed by atoms with Crippen molar-refractivity contribution in [3.05, 3.63) is 89.5 Å². The first kappa shape index (κ1) is 21.6. The molecule has 130 valence electrons. The van der Waals surface area contributed by atoms with Gasteiger partial charge in [-0.1, -0.05) is 93.6 Å². The third-order valence-corrected chi connectivity index (χ3v) is 3.40. The molecule has 1 nitrogen and oxygen atoms in total. The van der Waals surface area contributed by atoms with Gasteiger partial charge in [-0.25, -0.2) is 0 Å². The number of rotatable bonds is 4. The minimum Gasteiger partial charge on any atom is -0.298 e. The number of benzene rings is 2. The summed E-state index contributed by atoms with van der Waals surface area (Å²) >= 11 is 0. The van der Waals surface area contributed by atoms with Crippen LogP contribution in [0.25, 0.3) is 5.57 Å². The average Bonchev–Trinajstić information content (AvgIpc) is 2.65. The van der Waals surface area contributed by atoms with Crippen LogP contribution in [0.2, 0.25) is 0 Å². The van der Waals surface area contributed by atoms with E-state index >= 15 is 0 Å². The molecule has 2 rings (SSSR count). The van der Waals surface area contributed by atoms with Gasteiger partial charge in [0.2, 0.25) is 0 Å². The molecule has 0 bridgehead atoms. The van der Waals surface area contributed by atoms with Crippen molar-refractivity contribution in [3.63, 3.8) is 0 Å². The van der Waals surface area contributed by atoms with E-state index in [1.165, 1.54) is 11.1 Å². The number of aldehydes is 1. The summed E-state index contributed by atoms with van der Waals surface area (Å²) < 4.78 is 0. The summed E-state index contributed by atoms with van der Waals surface area (Å²) in [5.74, 6) is 0. The normalized spacial score (nSPS) is 9.79. The summed E-state index contributed by atoms with van der Waals surface area (Å²) in [5.41, 5.74) is 5.72. The SMILES string of the molecule is C=C/C=C(\C)c1ccc(C=O)cc1.CC.CCc1ccc(C)cc1.[HH]. The van der Waals surface area contributed by atoms with Crippen LogP contribution in [0.1, 0.15) is 56.2 Å². The van der Waals surface area contributed by atoms with Crippen molar-refractivity contribution in [1.82, 2.24) is 0 Å². The summed E-state index contributed by atoms with van der Waals surface area (Å²) in [6, 6.07) is 16.1. The topological polar surface area (TPSA) is 17.1 Å². The maximum absolute atomic E-state index is 10.4. The van der Waals surface area contributed by atoms with Gasteiger partial charge in [-0.2, -0.15) is 0 Å². The van der Waals surface area contributed by atoms with Crippen molar-refractivity contribution in [2.75, 3.05) is 0 Å². The molecular weight excluding hydrogens is 292 g/mol. The highest BCUT2D eigenvalue weighted by molar-refractivity contribution is 5.76. The van der Waals surface area contributed by atoms with E-state index in [9.17, 15) is 4.79 Å². The highest BCUT2D eigenvalue weighted by Crippen LogP contribution is 2.13. The van der Waals surface area contributed by atoms with E-state index in [2.05, 4.69) is 44.7 Å². The summed E-state index contributed by atoms with van der Waals surface area (Å²) in [5, 5.41) is 0. The molecule has 0 aliphatic heterocycles. The van der Waals surface area contributed by atoms with Gasteiger partial charge in [0.1, 0.15) is 6.29 Å². The molecule has 2 aromatic carbocycles. The van der Waals surface area contributed by atoms with Gasteiger partial charge in [-0.05, 0) is 37.0 Å². The minimum absolute atomic E-state index is 0. The molecule has 0 spiro atoms. The molecule has 0 radical (unpaired) electrons. The van der Waals surface area contributed by atoms with Crippen molar-refractivity contribution in [2.45, 2.75) is 41.0 Å². The first-order valence-corrected chi connectivity index (χ1v) is 8.51. The molecule has 0 amide bonds. The van der Waals surface area contributed by atoms with E-state index in [0.717, 1.165) is 23.8 Å². The van der Waals surface area contributed by atoms with Gasteiger partial charge in [0.05, 0.1) is 0 Å². The van der Waals surface area contributed by atoms with Crippen molar-refractivity contribution in [1.29, 1.82) is 0 Å². The molecule has 0 aliphatic carbocycles. The molecule has 0 fully saturated rings. The number of carbonyl (C=O) groups excluding carboxylic acids is 1. The van der Waals surface area contributed by atoms with Gasteiger partial charge < -0.3 is 0 Å². The van der Waals surface area contributed by atoms with E-state index in [-0.39, 0.29) is 1.43 Å². The van der Waals surface area contributed by atoms with E-state index < -0.39 is 0 Å². The number of allylic oxidation sites excluding steroid dienone is 3. The molecule has 0 unspecified atom stereocenters. The molecule has 0 N–H and O–H groups in total. The number of carbonyl (C=O) groups is 1. The van der Waals surface area contributed by atoms with Crippen LogP contribution in [0.15, 0.2) is 67.3 Å². The van der Waals surface area contributed by atoms with E-state index in [4.69, 9.17) is 0 Å². The number of aryl methyl sites for hydroxylation is 2. The zero-order valence-electron chi connectivity index (χ0n) is 15.7. The monoisotopic (exact) mass is 324 g/mol. The largest absolute Gasteiger partial charge is 0.298 e. The van der Waals surface area contributed by atoms with Crippen molar-refractivity contribution in [2.24, 2.45) is 0 Å². The first-order chi connectivity index (χ1) is 11.6. The Kier molecular flexibility index (Phi) is 11.8. The molecule has 0 heterocycles. The van der Waals surface area contributed by atoms with Crippen LogP contribution in [-0.4, -0.2) is 6.29 Å². The molecule has 2 aromatic rings. The van der Waals surface area contributed by atoms with Crippen LogP contribution in [0.5, 0.6) is 0 Å². The van der Waals surface area contributed by atoms with Crippen LogP contribution in [0.4, 0.5) is 0 Å². The quantitative estimate of drug-likeness (QED) is 0.441. The zero-order valence-corrected chi connectivity index (χ0v) is 15.7. The lowest BCUT2D eigenvalue weighted by molar-refractivity contribution is 0.112. The maximum Gasteiger partial charge on any atom is 0.150 e. The van der Waals surface area contributed by atoms with Crippen LogP contribution >= 0.6 is 0 Å². The Labute approximate surface area is 149 Å². The Morgan fingerprint density at radius 1 is 1.04 bits per heavy atom. The minimum atomic E-state index is 0. The van der Waals surface area contributed by atoms with Gasteiger partial charge in [0.25, 0.3) is 0 Å². The fourth-order valence-corrected chi connectivity index (χ4v) is 1.92. The highest BCUT2D eigenvalue weighted by atomic mass is 16.1. The Balaban J connectivity index is 0. The zero-order chi connectivity index (χ0) is 18.4. The Hall–Kier alpha value is -2.41. The fourth-order valence-electron chi connectivity index (χ4n) is 1.92. The predicted molar refractivity (Wildman–Crippen MR) is 110 cm³/mol. The van der Waals surface area contributed by atoms with Crippen molar-refractivity contribution >= 4 is 11.9 Å². The van der Waals surface area contributed by atoms with Gasteiger partial charge in [0.15, 0.2) is 0 Å². The second-order valence-electron chi connectivity index (χ2n) is 5.16. The van der Waals surface area contributed by atoms with Crippen LogP contribution in [0.3, 0.4) is 0 Å². The molecule has 0 aromatic heterocycles. The summed E-state index contributed by atoms with van der Waals surface area (Å²) in [6.45, 7) is 13.9. The Morgan fingerprint density at radius 2 is 1.58 bits per heavy atom. The lowest BCUT2D eigenvalue weighted by atomic mass is 10.1. The molecular formula is C23H32O. The Bertz CT molecular complexity index is 622. The lowest BCUT2D eigenvalue weighted by Crippen LogP contribution is -1.82. The second kappa shape index (κ2) is 13.1. The van der Waals surface area contributed by atoms with E-state index in [1.54, 1.807) is 6.08 Å². The smallest absolute Gasteiger partial charge is 0.150 e. The standard InChI is InChI=1S/C12H12O.C9H12.C2H6.H2/c1-3-4-10(2)12-7-5-11(9-13)6-8-12;1-3-9-6-4-8(2)5-7-9;1-2;/h3-9H,1H2,2H3;4-7H,3H2,1-2H3;1-2H3;1H/b10-4+;;;. The van der Waals surface area contributed by atoms with Gasteiger partial charge in [-0.15, -0.1) is 0 Å². The Morgan fingerprint density at radius 3 is 2.00 bits per heavy atom. The van der Waals surface area contributed by atoms with Crippen LogP contribution < -0.4 is 0 Å². The molecule has 0 aliphatic rings. The second-order valence-corrected chi connectivity index (χ2v) is 5.16. The van der Waals surface area contributed by atoms with Gasteiger partial charge >= 0.3 is 0 Å². The lowest BCUT2D eigenvalue weighted by Gasteiger charge is -1.99. The third-order valence-electron chi connectivity index (χ3n) is 3.40. The van der Waals surface area contributed by atoms with Crippen molar-refractivity contribution < 1.29 is 6.22 Å². The molecule has 0 atom stereocenters. The predicted octanol–water partition coefficient (Wildman–Crippen LogP) is 6.92. The summed E-state index contributed by atoms with van der Waals surface area (Å²) in [6.07, 6.45) is 5.68. The highest BCUT2D eigenvalue weighted by Gasteiger charge is 1.94. The fraction of sp³-hybridized carbons (Fsp3) is 0.261. The number of hydrogen-bond acceptors (Lipinski definition) is 1. The molecule has 1 heteroatoms. The third kappa shape index (κ3) is 8.28.